The molecule has 1 aromatic heterocycles. The molecule has 0 atom stereocenters. The van der Waals surface area contributed by atoms with E-state index in [0.717, 1.165) is 44.6 Å². The second kappa shape index (κ2) is 10.3. The van der Waals surface area contributed by atoms with Gasteiger partial charge in [-0.25, -0.2) is 4.98 Å². The van der Waals surface area contributed by atoms with E-state index >= 15 is 0 Å². The molecule has 2 heterocycles. The fourth-order valence-electron chi connectivity index (χ4n) is 3.16. The van der Waals surface area contributed by atoms with E-state index in [-0.39, 0.29) is 5.91 Å². The highest BCUT2D eigenvalue weighted by molar-refractivity contribution is 7.15. The maximum atomic E-state index is 12.8. The van der Waals surface area contributed by atoms with Gasteiger partial charge < -0.3 is 9.47 Å². The van der Waals surface area contributed by atoms with Gasteiger partial charge in [0.15, 0.2) is 16.6 Å². The summed E-state index contributed by atoms with van der Waals surface area (Å²) in [6, 6.07) is 3.30. The Bertz CT molecular complexity index is 856. The zero-order valence-corrected chi connectivity index (χ0v) is 18.8. The molecule has 158 valence electrons. The number of fused-ring (bicyclic) bond motifs is 1. The number of unbranched alkanes of at least 4 members (excludes halogenated alkanes) is 1. The van der Waals surface area contributed by atoms with Crippen LogP contribution in [0.5, 0.6) is 11.5 Å². The fourth-order valence-corrected chi connectivity index (χ4v) is 4.47. The van der Waals surface area contributed by atoms with Crippen LogP contribution in [0, 0.1) is 0 Å². The quantitative estimate of drug-likeness (QED) is 0.559. The van der Waals surface area contributed by atoms with Gasteiger partial charge in [0.05, 0.1) is 23.9 Å². The summed E-state index contributed by atoms with van der Waals surface area (Å²) in [7, 11) is 0. The Morgan fingerprint density at radius 1 is 1.31 bits per heavy atom. The summed E-state index contributed by atoms with van der Waals surface area (Å²) < 4.78 is 11.5. The molecule has 1 N–H and O–H groups in total. The van der Waals surface area contributed by atoms with Crippen molar-refractivity contribution in [2.45, 2.75) is 46.6 Å². The molecule has 1 aromatic carbocycles. The number of likely N-dealkylation sites (N-methyl/N-ethyl adjacent to an activating group) is 1. The van der Waals surface area contributed by atoms with Crippen molar-refractivity contribution < 1.29 is 14.3 Å². The minimum absolute atomic E-state index is 0.258. The lowest BCUT2D eigenvalue weighted by Crippen LogP contribution is -2.29. The van der Waals surface area contributed by atoms with Crippen molar-refractivity contribution in [3.05, 3.63) is 33.3 Å². The fraction of sp³-hybridized carbons (Fsp3) is 0.524. The number of rotatable bonds is 9. The molecule has 0 spiro atoms. The van der Waals surface area contributed by atoms with Crippen LogP contribution in [0.4, 0.5) is 5.13 Å². The predicted molar refractivity (Wildman–Crippen MR) is 118 cm³/mol. The van der Waals surface area contributed by atoms with Gasteiger partial charge in [-0.2, -0.15) is 0 Å². The van der Waals surface area contributed by atoms with Crippen molar-refractivity contribution in [1.82, 2.24) is 9.88 Å². The maximum Gasteiger partial charge on any atom is 0.257 e. The molecule has 3 rings (SSSR count). The molecule has 29 heavy (non-hydrogen) atoms. The van der Waals surface area contributed by atoms with Crippen molar-refractivity contribution in [2.75, 3.05) is 31.6 Å². The van der Waals surface area contributed by atoms with Gasteiger partial charge in [0.1, 0.15) is 0 Å². The molecule has 0 saturated heterocycles. The van der Waals surface area contributed by atoms with Crippen LogP contribution in [-0.2, 0) is 13.0 Å². The highest BCUT2D eigenvalue weighted by Crippen LogP contribution is 2.37. The van der Waals surface area contributed by atoms with Gasteiger partial charge in [0.2, 0.25) is 0 Å². The molecule has 1 aliphatic rings. The minimum Gasteiger partial charge on any atom is -0.490 e. The standard InChI is InChI=1S/C21H28ClN3O3S/c1-4-7-10-28-19-15(22)11-14(12-17(19)27-6-3)20(26)24-21-23-16-8-9-25(5-2)13-18(16)29-21/h11-12H,4-10,13H2,1-3H3,(H,23,24,26). The van der Waals surface area contributed by atoms with Crippen LogP contribution in [0.2, 0.25) is 5.02 Å². The van der Waals surface area contributed by atoms with Crippen molar-refractivity contribution in [2.24, 2.45) is 0 Å². The number of benzene rings is 1. The summed E-state index contributed by atoms with van der Waals surface area (Å²) >= 11 is 7.95. The van der Waals surface area contributed by atoms with Gasteiger partial charge in [0, 0.05) is 30.0 Å². The van der Waals surface area contributed by atoms with Crippen LogP contribution >= 0.6 is 22.9 Å². The van der Waals surface area contributed by atoms with E-state index in [0.29, 0.717) is 40.4 Å². The van der Waals surface area contributed by atoms with Crippen molar-refractivity contribution in [3.8, 4) is 11.5 Å². The average molecular weight is 438 g/mol. The van der Waals surface area contributed by atoms with Gasteiger partial charge in [0.25, 0.3) is 5.91 Å². The first-order valence-corrected chi connectivity index (χ1v) is 11.4. The Kier molecular flexibility index (Phi) is 7.75. The summed E-state index contributed by atoms with van der Waals surface area (Å²) in [4.78, 5) is 21.0. The van der Waals surface area contributed by atoms with E-state index in [1.54, 1.807) is 12.1 Å². The van der Waals surface area contributed by atoms with Gasteiger partial charge >= 0.3 is 0 Å². The molecule has 0 aliphatic carbocycles. The number of thiazole rings is 1. The van der Waals surface area contributed by atoms with Crippen LogP contribution < -0.4 is 14.8 Å². The zero-order chi connectivity index (χ0) is 20.8. The highest BCUT2D eigenvalue weighted by atomic mass is 35.5. The molecule has 8 heteroatoms. The lowest BCUT2D eigenvalue weighted by atomic mass is 10.2. The van der Waals surface area contributed by atoms with Crippen LogP contribution in [0.3, 0.4) is 0 Å². The third kappa shape index (κ3) is 5.41. The summed E-state index contributed by atoms with van der Waals surface area (Å²) in [6.07, 6.45) is 2.86. The average Bonchev–Trinajstić information content (AvgIpc) is 3.11. The second-order valence-electron chi connectivity index (χ2n) is 6.88. The SMILES string of the molecule is CCCCOc1c(Cl)cc(C(=O)Nc2nc3c(s2)CN(CC)CC3)cc1OCC. The number of carbonyl (C=O) groups excluding carboxylic acids is 1. The number of halogens is 1. The molecule has 0 unspecified atom stereocenters. The van der Waals surface area contributed by atoms with Gasteiger partial charge in [-0.1, -0.05) is 31.9 Å². The van der Waals surface area contributed by atoms with E-state index < -0.39 is 0 Å². The lowest BCUT2D eigenvalue weighted by molar-refractivity contribution is 0.102. The number of amides is 1. The first kappa shape index (κ1) is 21.9. The number of carbonyl (C=O) groups is 1. The number of ether oxygens (including phenoxy) is 2. The number of nitrogens with one attached hydrogen (secondary N) is 1. The molecular weight excluding hydrogens is 410 g/mol. The van der Waals surface area contributed by atoms with Crippen LogP contribution in [-0.4, -0.2) is 42.1 Å². The summed E-state index contributed by atoms with van der Waals surface area (Å²) in [5.74, 6) is 0.715. The lowest BCUT2D eigenvalue weighted by Gasteiger charge is -2.23. The van der Waals surface area contributed by atoms with Gasteiger partial charge in [-0.05, 0) is 32.0 Å². The van der Waals surface area contributed by atoms with Crippen molar-refractivity contribution >= 4 is 34.0 Å². The number of hydrogen-bond donors (Lipinski definition) is 1. The van der Waals surface area contributed by atoms with Crippen LogP contribution in [0.1, 0.15) is 54.5 Å². The van der Waals surface area contributed by atoms with Crippen molar-refractivity contribution in [1.29, 1.82) is 0 Å². The third-order valence-corrected chi connectivity index (χ3v) is 6.07. The Morgan fingerprint density at radius 2 is 2.14 bits per heavy atom. The summed E-state index contributed by atoms with van der Waals surface area (Å²) in [6.45, 7) is 10.1. The smallest absolute Gasteiger partial charge is 0.257 e. The molecule has 0 fully saturated rings. The number of aromatic nitrogens is 1. The summed E-state index contributed by atoms with van der Waals surface area (Å²) in [5, 5.41) is 3.90. The first-order chi connectivity index (χ1) is 14.0. The third-order valence-electron chi connectivity index (χ3n) is 4.79. The minimum atomic E-state index is -0.258. The molecule has 1 amide bonds. The van der Waals surface area contributed by atoms with E-state index in [1.165, 1.54) is 16.2 Å². The largest absolute Gasteiger partial charge is 0.490 e. The molecule has 0 bridgehead atoms. The second-order valence-corrected chi connectivity index (χ2v) is 8.37. The van der Waals surface area contributed by atoms with E-state index in [4.69, 9.17) is 21.1 Å². The Morgan fingerprint density at radius 3 is 2.86 bits per heavy atom. The molecule has 0 saturated carbocycles. The molecule has 6 nitrogen and oxygen atoms in total. The number of nitrogens with zero attached hydrogens (tertiary/aromatic N) is 2. The molecular formula is C21H28ClN3O3S. The topological polar surface area (TPSA) is 63.7 Å². The predicted octanol–water partition coefficient (Wildman–Crippen LogP) is 5.00. The Balaban J connectivity index is 1.76. The highest BCUT2D eigenvalue weighted by Gasteiger charge is 2.22. The Labute approximate surface area is 181 Å². The maximum absolute atomic E-state index is 12.8. The number of hydrogen-bond acceptors (Lipinski definition) is 6. The van der Waals surface area contributed by atoms with Crippen LogP contribution in [0.25, 0.3) is 0 Å². The normalized spacial score (nSPS) is 13.8. The Hall–Kier alpha value is -1.83. The summed E-state index contributed by atoms with van der Waals surface area (Å²) in [5.41, 5.74) is 1.51. The monoisotopic (exact) mass is 437 g/mol. The van der Waals surface area contributed by atoms with Gasteiger partial charge in [-0.15, -0.1) is 11.3 Å². The zero-order valence-electron chi connectivity index (χ0n) is 17.2. The van der Waals surface area contributed by atoms with E-state index in [9.17, 15) is 4.79 Å². The number of anilines is 1. The van der Waals surface area contributed by atoms with Crippen molar-refractivity contribution in [3.63, 3.8) is 0 Å². The molecule has 0 radical (unpaired) electrons. The first-order valence-electron chi connectivity index (χ1n) is 10.2. The molecule has 2 aromatic rings. The van der Waals surface area contributed by atoms with Gasteiger partial charge in [-0.3, -0.25) is 15.0 Å². The molecule has 1 aliphatic heterocycles. The van der Waals surface area contributed by atoms with Crippen LogP contribution in [0.15, 0.2) is 12.1 Å². The van der Waals surface area contributed by atoms with E-state index in [2.05, 4.69) is 29.0 Å². The van der Waals surface area contributed by atoms with E-state index in [1.807, 2.05) is 6.92 Å².